The van der Waals surface area contributed by atoms with Gasteiger partial charge in [-0.3, -0.25) is 4.79 Å². The maximum atomic E-state index is 12.5. The van der Waals surface area contributed by atoms with Crippen LogP contribution in [0.1, 0.15) is 34.3 Å². The third kappa shape index (κ3) is 2.98. The second-order valence-corrected chi connectivity index (χ2v) is 5.96. The number of hydrogen-bond donors (Lipinski definition) is 1. The molecule has 0 unspecified atom stereocenters. The lowest BCUT2D eigenvalue weighted by Crippen LogP contribution is -2.21. The minimum absolute atomic E-state index is 0.0465. The van der Waals surface area contributed by atoms with Crippen molar-refractivity contribution in [3.63, 3.8) is 0 Å². The van der Waals surface area contributed by atoms with Crippen molar-refractivity contribution in [1.29, 1.82) is 0 Å². The van der Waals surface area contributed by atoms with Crippen molar-refractivity contribution in [2.75, 3.05) is 23.3 Å². The summed E-state index contributed by atoms with van der Waals surface area (Å²) in [6, 6.07) is 13.9. The summed E-state index contributed by atoms with van der Waals surface area (Å²) in [6.07, 6.45) is 2.44. The molecule has 0 spiro atoms. The molecule has 1 amide bonds. The zero-order valence-corrected chi connectivity index (χ0v) is 13.2. The Labute approximate surface area is 132 Å². The van der Waals surface area contributed by atoms with Gasteiger partial charge in [-0.2, -0.15) is 0 Å². The van der Waals surface area contributed by atoms with Gasteiger partial charge in [0.05, 0.1) is 11.4 Å². The van der Waals surface area contributed by atoms with Gasteiger partial charge >= 0.3 is 0 Å². The highest BCUT2D eigenvalue weighted by atomic mass is 16.1. The van der Waals surface area contributed by atoms with E-state index in [9.17, 15) is 4.79 Å². The molecule has 3 rings (SSSR count). The van der Waals surface area contributed by atoms with E-state index in [2.05, 4.69) is 23.2 Å². The molecule has 0 radical (unpaired) electrons. The van der Waals surface area contributed by atoms with E-state index in [1.165, 1.54) is 18.4 Å². The number of anilines is 2. The Hall–Kier alpha value is -2.29. The van der Waals surface area contributed by atoms with Crippen LogP contribution < -0.4 is 10.2 Å². The van der Waals surface area contributed by atoms with E-state index >= 15 is 0 Å². The smallest absolute Gasteiger partial charge is 0.255 e. The Morgan fingerprint density at radius 2 is 1.73 bits per heavy atom. The van der Waals surface area contributed by atoms with Crippen LogP contribution in [-0.4, -0.2) is 19.0 Å². The standard InChI is InChI=1S/C19H22N2O/c1-14-9-10-16(13-15(14)2)19(22)20-17-7-3-4-8-18(17)21-11-5-6-12-21/h3-4,7-10,13H,5-6,11-12H2,1-2H3,(H,20,22). The van der Waals surface area contributed by atoms with Crippen molar-refractivity contribution in [3.05, 3.63) is 59.2 Å². The van der Waals surface area contributed by atoms with Crippen molar-refractivity contribution in [3.8, 4) is 0 Å². The summed E-state index contributed by atoms with van der Waals surface area (Å²) < 4.78 is 0. The topological polar surface area (TPSA) is 32.3 Å². The lowest BCUT2D eigenvalue weighted by Gasteiger charge is -2.21. The Balaban J connectivity index is 1.83. The average Bonchev–Trinajstić information content (AvgIpc) is 3.04. The van der Waals surface area contributed by atoms with Crippen LogP contribution in [0.15, 0.2) is 42.5 Å². The molecule has 1 aliphatic heterocycles. The fourth-order valence-corrected chi connectivity index (χ4v) is 2.89. The SMILES string of the molecule is Cc1ccc(C(=O)Nc2ccccc2N2CCCC2)cc1C. The minimum Gasteiger partial charge on any atom is -0.370 e. The van der Waals surface area contributed by atoms with Crippen molar-refractivity contribution in [1.82, 2.24) is 0 Å². The third-order valence-electron chi connectivity index (χ3n) is 4.37. The highest BCUT2D eigenvalue weighted by Crippen LogP contribution is 2.29. The number of rotatable bonds is 3. The molecule has 2 aromatic carbocycles. The van der Waals surface area contributed by atoms with E-state index in [1.54, 1.807) is 0 Å². The number of nitrogens with zero attached hydrogens (tertiary/aromatic N) is 1. The van der Waals surface area contributed by atoms with Crippen LogP contribution in [0.2, 0.25) is 0 Å². The molecule has 1 fully saturated rings. The van der Waals surface area contributed by atoms with Gasteiger partial charge in [-0.25, -0.2) is 0 Å². The molecule has 114 valence electrons. The fourth-order valence-electron chi connectivity index (χ4n) is 2.89. The van der Waals surface area contributed by atoms with Crippen LogP contribution in [0, 0.1) is 13.8 Å². The molecule has 2 aromatic rings. The van der Waals surface area contributed by atoms with E-state index in [4.69, 9.17) is 0 Å². The second kappa shape index (κ2) is 6.22. The van der Waals surface area contributed by atoms with Gasteiger partial charge in [-0.1, -0.05) is 18.2 Å². The summed E-state index contributed by atoms with van der Waals surface area (Å²) in [5.41, 5.74) is 5.07. The molecule has 1 aliphatic rings. The van der Waals surface area contributed by atoms with Gasteiger partial charge < -0.3 is 10.2 Å². The number of aryl methyl sites for hydroxylation is 2. The predicted octanol–water partition coefficient (Wildman–Crippen LogP) is 4.16. The maximum absolute atomic E-state index is 12.5. The summed E-state index contributed by atoms with van der Waals surface area (Å²) in [5, 5.41) is 3.07. The Kier molecular flexibility index (Phi) is 4.14. The monoisotopic (exact) mass is 294 g/mol. The number of benzene rings is 2. The molecule has 1 heterocycles. The van der Waals surface area contributed by atoms with Gasteiger partial charge in [-0.05, 0) is 62.1 Å². The van der Waals surface area contributed by atoms with Crippen LogP contribution in [0.5, 0.6) is 0 Å². The molecule has 0 bridgehead atoms. The molecule has 0 atom stereocenters. The van der Waals surface area contributed by atoms with Crippen molar-refractivity contribution >= 4 is 17.3 Å². The lowest BCUT2D eigenvalue weighted by atomic mass is 10.1. The number of carbonyl (C=O) groups excluding carboxylic acids is 1. The highest BCUT2D eigenvalue weighted by molar-refractivity contribution is 6.06. The van der Waals surface area contributed by atoms with Gasteiger partial charge in [0.25, 0.3) is 5.91 Å². The molecule has 22 heavy (non-hydrogen) atoms. The van der Waals surface area contributed by atoms with E-state index < -0.39 is 0 Å². The summed E-state index contributed by atoms with van der Waals surface area (Å²) in [4.78, 5) is 14.9. The van der Waals surface area contributed by atoms with E-state index in [0.717, 1.165) is 30.0 Å². The predicted molar refractivity (Wildman–Crippen MR) is 91.8 cm³/mol. The minimum atomic E-state index is -0.0465. The van der Waals surface area contributed by atoms with E-state index in [1.807, 2.05) is 43.3 Å². The van der Waals surface area contributed by atoms with Crippen molar-refractivity contribution in [2.45, 2.75) is 26.7 Å². The normalized spacial score (nSPS) is 14.2. The molecule has 1 saturated heterocycles. The van der Waals surface area contributed by atoms with Crippen molar-refractivity contribution in [2.24, 2.45) is 0 Å². The van der Waals surface area contributed by atoms with E-state index in [0.29, 0.717) is 5.56 Å². The van der Waals surface area contributed by atoms with Crippen LogP contribution in [0.3, 0.4) is 0 Å². The molecular weight excluding hydrogens is 272 g/mol. The maximum Gasteiger partial charge on any atom is 0.255 e. The first-order chi connectivity index (χ1) is 10.6. The van der Waals surface area contributed by atoms with Gasteiger partial charge in [-0.15, -0.1) is 0 Å². The van der Waals surface area contributed by atoms with Crippen molar-refractivity contribution < 1.29 is 4.79 Å². The number of para-hydroxylation sites is 2. The summed E-state index contributed by atoms with van der Waals surface area (Å²) in [6.45, 7) is 6.22. The number of carbonyl (C=O) groups is 1. The summed E-state index contributed by atoms with van der Waals surface area (Å²) in [7, 11) is 0. The first-order valence-electron chi connectivity index (χ1n) is 7.88. The van der Waals surface area contributed by atoms with Gasteiger partial charge in [0.2, 0.25) is 0 Å². The molecular formula is C19H22N2O. The van der Waals surface area contributed by atoms with Gasteiger partial charge in [0.15, 0.2) is 0 Å². The number of hydrogen-bond acceptors (Lipinski definition) is 2. The molecule has 0 aliphatic carbocycles. The fraction of sp³-hybridized carbons (Fsp3) is 0.316. The van der Waals surface area contributed by atoms with Crippen LogP contribution >= 0.6 is 0 Å². The first kappa shape index (κ1) is 14.6. The van der Waals surface area contributed by atoms with Crippen LogP contribution in [-0.2, 0) is 0 Å². The Morgan fingerprint density at radius 3 is 2.45 bits per heavy atom. The van der Waals surface area contributed by atoms with Gasteiger partial charge in [0.1, 0.15) is 0 Å². The number of nitrogens with one attached hydrogen (secondary N) is 1. The van der Waals surface area contributed by atoms with Crippen LogP contribution in [0.25, 0.3) is 0 Å². The van der Waals surface area contributed by atoms with E-state index in [-0.39, 0.29) is 5.91 Å². The Morgan fingerprint density at radius 1 is 1.00 bits per heavy atom. The third-order valence-corrected chi connectivity index (χ3v) is 4.37. The molecule has 0 saturated carbocycles. The highest BCUT2D eigenvalue weighted by Gasteiger charge is 2.17. The molecule has 3 nitrogen and oxygen atoms in total. The number of amides is 1. The second-order valence-electron chi connectivity index (χ2n) is 5.96. The zero-order chi connectivity index (χ0) is 15.5. The molecule has 3 heteroatoms. The molecule has 0 aromatic heterocycles. The Bertz CT molecular complexity index is 688. The van der Waals surface area contributed by atoms with Crippen LogP contribution in [0.4, 0.5) is 11.4 Å². The largest absolute Gasteiger partial charge is 0.370 e. The van der Waals surface area contributed by atoms with Gasteiger partial charge in [0, 0.05) is 18.7 Å². The zero-order valence-electron chi connectivity index (χ0n) is 13.2. The average molecular weight is 294 g/mol. The summed E-state index contributed by atoms with van der Waals surface area (Å²) in [5.74, 6) is -0.0465. The first-order valence-corrected chi connectivity index (χ1v) is 7.88. The lowest BCUT2D eigenvalue weighted by molar-refractivity contribution is 0.102. The summed E-state index contributed by atoms with van der Waals surface area (Å²) >= 11 is 0. The quantitative estimate of drug-likeness (QED) is 0.922. The molecule has 1 N–H and O–H groups in total.